The van der Waals surface area contributed by atoms with Gasteiger partial charge in [-0.3, -0.25) is 4.79 Å². The highest BCUT2D eigenvalue weighted by atomic mass is 16.1. The molecule has 0 fully saturated rings. The molecule has 0 unspecified atom stereocenters. The SMILES string of the molecule is CN1C=CN(c2cc(=O)cc(N3C=CN(C)C3)[nH]2)C1. The zero-order valence-electron chi connectivity index (χ0n) is 11.1. The topological polar surface area (TPSA) is 45.8 Å². The number of hydrogen-bond acceptors (Lipinski definition) is 5. The molecule has 0 saturated carbocycles. The van der Waals surface area contributed by atoms with Gasteiger partial charge >= 0.3 is 0 Å². The maximum absolute atomic E-state index is 11.8. The lowest BCUT2D eigenvalue weighted by Gasteiger charge is -2.22. The Morgan fingerprint density at radius 2 is 1.37 bits per heavy atom. The molecule has 0 atom stereocenters. The number of hydrogen-bond donors (Lipinski definition) is 1. The van der Waals surface area contributed by atoms with Crippen LogP contribution in [0.15, 0.2) is 41.7 Å². The Morgan fingerprint density at radius 3 is 1.74 bits per heavy atom. The van der Waals surface area contributed by atoms with Crippen molar-refractivity contribution in [3.63, 3.8) is 0 Å². The summed E-state index contributed by atoms with van der Waals surface area (Å²) in [7, 11) is 3.99. The Labute approximate surface area is 111 Å². The molecule has 0 spiro atoms. The van der Waals surface area contributed by atoms with Gasteiger partial charge in [-0.1, -0.05) is 0 Å². The molecule has 1 N–H and O–H groups in total. The van der Waals surface area contributed by atoms with E-state index in [2.05, 4.69) is 14.8 Å². The number of H-pyrrole nitrogens is 1. The van der Waals surface area contributed by atoms with Crippen LogP contribution in [0.5, 0.6) is 0 Å². The Balaban J connectivity index is 1.91. The fraction of sp³-hybridized carbons (Fsp3) is 0.308. The van der Waals surface area contributed by atoms with Gasteiger partial charge in [-0.05, 0) is 0 Å². The normalized spacial score (nSPS) is 18.0. The molecule has 2 aliphatic rings. The molecule has 0 radical (unpaired) electrons. The predicted octanol–water partition coefficient (Wildman–Crippen LogP) is 0.736. The highest BCUT2D eigenvalue weighted by Crippen LogP contribution is 2.20. The molecule has 0 amide bonds. The van der Waals surface area contributed by atoms with Crippen LogP contribution in [0.3, 0.4) is 0 Å². The van der Waals surface area contributed by atoms with Crippen molar-refractivity contribution in [1.82, 2.24) is 14.8 Å². The van der Waals surface area contributed by atoms with Gasteiger partial charge in [0, 0.05) is 51.0 Å². The molecule has 3 rings (SSSR count). The first kappa shape index (κ1) is 11.7. The average Bonchev–Trinajstić information content (AvgIpc) is 2.97. The summed E-state index contributed by atoms with van der Waals surface area (Å²) >= 11 is 0. The monoisotopic (exact) mass is 259 g/mol. The summed E-state index contributed by atoms with van der Waals surface area (Å²) in [6.45, 7) is 1.49. The molecule has 2 aliphatic heterocycles. The van der Waals surface area contributed by atoms with Crippen molar-refractivity contribution >= 4 is 11.6 Å². The van der Waals surface area contributed by atoms with E-state index in [0.29, 0.717) is 0 Å². The van der Waals surface area contributed by atoms with Crippen LogP contribution in [0.2, 0.25) is 0 Å². The number of rotatable bonds is 2. The highest BCUT2D eigenvalue weighted by Gasteiger charge is 2.16. The third-order valence-electron chi connectivity index (χ3n) is 3.19. The molecule has 6 heteroatoms. The molecule has 0 aliphatic carbocycles. The van der Waals surface area contributed by atoms with Gasteiger partial charge in [0.15, 0.2) is 5.43 Å². The fourth-order valence-electron chi connectivity index (χ4n) is 2.19. The predicted molar refractivity (Wildman–Crippen MR) is 75.6 cm³/mol. The Kier molecular flexibility index (Phi) is 2.70. The van der Waals surface area contributed by atoms with Gasteiger partial charge in [-0.15, -0.1) is 0 Å². The quantitative estimate of drug-likeness (QED) is 0.848. The molecule has 0 aromatic carbocycles. The molecule has 100 valence electrons. The van der Waals surface area contributed by atoms with Crippen LogP contribution in [0.25, 0.3) is 0 Å². The largest absolute Gasteiger partial charge is 0.361 e. The second-order valence-corrected chi connectivity index (χ2v) is 4.92. The lowest BCUT2D eigenvalue weighted by molar-refractivity contribution is 0.492. The Morgan fingerprint density at radius 1 is 0.895 bits per heavy atom. The van der Waals surface area contributed by atoms with Crippen LogP contribution in [0, 0.1) is 0 Å². The number of aromatic amines is 1. The molecule has 3 heterocycles. The van der Waals surface area contributed by atoms with E-state index >= 15 is 0 Å². The lowest BCUT2D eigenvalue weighted by atomic mass is 10.4. The second-order valence-electron chi connectivity index (χ2n) is 4.92. The smallest absolute Gasteiger partial charge is 0.185 e. The van der Waals surface area contributed by atoms with Crippen molar-refractivity contribution < 1.29 is 0 Å². The molecule has 1 aromatic rings. The van der Waals surface area contributed by atoms with Crippen LogP contribution in [-0.2, 0) is 0 Å². The van der Waals surface area contributed by atoms with E-state index in [9.17, 15) is 4.79 Å². The number of pyridine rings is 1. The van der Waals surface area contributed by atoms with E-state index in [0.717, 1.165) is 25.0 Å². The van der Waals surface area contributed by atoms with Crippen LogP contribution >= 0.6 is 0 Å². The standard InChI is InChI=1S/C13H17N5O/c1-15-3-5-17(9-15)12-7-11(19)8-13(14-12)18-6-4-16(2)10-18/h3-8H,9-10H2,1-2H3,(H,14,19). The van der Waals surface area contributed by atoms with Crippen LogP contribution in [-0.4, -0.2) is 42.2 Å². The average molecular weight is 259 g/mol. The zero-order valence-corrected chi connectivity index (χ0v) is 11.1. The van der Waals surface area contributed by atoms with Gasteiger partial charge in [0.25, 0.3) is 0 Å². The Bertz CT molecular complexity index is 544. The van der Waals surface area contributed by atoms with Crippen molar-refractivity contribution in [3.8, 4) is 0 Å². The first-order valence-electron chi connectivity index (χ1n) is 6.16. The van der Waals surface area contributed by atoms with Crippen LogP contribution in [0.1, 0.15) is 0 Å². The van der Waals surface area contributed by atoms with E-state index in [-0.39, 0.29) is 5.43 Å². The van der Waals surface area contributed by atoms with E-state index in [1.165, 1.54) is 0 Å². The van der Waals surface area contributed by atoms with Crippen molar-refractivity contribution in [1.29, 1.82) is 0 Å². The third-order valence-corrected chi connectivity index (χ3v) is 3.19. The molecule has 0 saturated heterocycles. The molecule has 19 heavy (non-hydrogen) atoms. The summed E-state index contributed by atoms with van der Waals surface area (Å²) in [5.41, 5.74) is 0.00894. The van der Waals surface area contributed by atoms with Gasteiger partial charge in [0.1, 0.15) is 11.6 Å². The maximum atomic E-state index is 11.8. The number of anilines is 2. The molecule has 6 nitrogen and oxygen atoms in total. The van der Waals surface area contributed by atoms with Gasteiger partial charge in [-0.25, -0.2) is 0 Å². The van der Waals surface area contributed by atoms with Crippen LogP contribution in [0.4, 0.5) is 11.6 Å². The van der Waals surface area contributed by atoms with Gasteiger partial charge in [-0.2, -0.15) is 0 Å². The Hall–Kier alpha value is -2.37. The fourth-order valence-corrected chi connectivity index (χ4v) is 2.19. The molecule has 1 aromatic heterocycles. The minimum Gasteiger partial charge on any atom is -0.361 e. The van der Waals surface area contributed by atoms with Crippen molar-refractivity contribution in [2.75, 3.05) is 37.2 Å². The molecular formula is C13H17N5O. The van der Waals surface area contributed by atoms with Gasteiger partial charge in [0.05, 0.1) is 13.3 Å². The minimum atomic E-state index is 0.00894. The van der Waals surface area contributed by atoms with E-state index in [4.69, 9.17) is 0 Å². The third kappa shape index (κ3) is 2.29. The summed E-state index contributed by atoms with van der Waals surface area (Å²) in [6.07, 6.45) is 7.88. The minimum absolute atomic E-state index is 0.00894. The summed E-state index contributed by atoms with van der Waals surface area (Å²) in [4.78, 5) is 23.3. The molecular weight excluding hydrogens is 242 g/mol. The van der Waals surface area contributed by atoms with Crippen molar-refractivity contribution in [3.05, 3.63) is 47.2 Å². The number of nitrogens with one attached hydrogen (secondary N) is 1. The lowest BCUT2D eigenvalue weighted by Crippen LogP contribution is -2.26. The van der Waals surface area contributed by atoms with Crippen molar-refractivity contribution in [2.24, 2.45) is 0 Å². The summed E-state index contributed by atoms with van der Waals surface area (Å²) in [5.74, 6) is 1.62. The van der Waals surface area contributed by atoms with Gasteiger partial charge in [0.2, 0.25) is 0 Å². The number of nitrogens with zero attached hydrogens (tertiary/aromatic N) is 4. The van der Waals surface area contributed by atoms with E-state index in [1.807, 2.05) is 48.7 Å². The van der Waals surface area contributed by atoms with Gasteiger partial charge < -0.3 is 24.6 Å². The van der Waals surface area contributed by atoms with E-state index < -0.39 is 0 Å². The summed E-state index contributed by atoms with van der Waals surface area (Å²) in [6, 6.07) is 3.24. The summed E-state index contributed by atoms with van der Waals surface area (Å²) in [5, 5.41) is 0. The van der Waals surface area contributed by atoms with Crippen LogP contribution < -0.4 is 15.2 Å². The molecule has 0 bridgehead atoms. The highest BCUT2D eigenvalue weighted by molar-refractivity contribution is 5.52. The maximum Gasteiger partial charge on any atom is 0.185 e. The zero-order chi connectivity index (χ0) is 13.4. The summed E-state index contributed by atoms with van der Waals surface area (Å²) < 4.78 is 0. The first-order chi connectivity index (χ1) is 9.11. The van der Waals surface area contributed by atoms with E-state index in [1.54, 1.807) is 12.1 Å². The number of aromatic nitrogens is 1. The second kappa shape index (κ2) is 4.38. The first-order valence-corrected chi connectivity index (χ1v) is 6.16. The van der Waals surface area contributed by atoms with Crippen molar-refractivity contribution in [2.45, 2.75) is 0 Å².